The Kier molecular flexibility index (Phi) is 2.26. The van der Waals surface area contributed by atoms with Crippen LogP contribution in [0.4, 0.5) is 0 Å². The molecule has 0 aromatic heterocycles. The molecule has 0 rings (SSSR count). The number of hydrogen-bond acceptors (Lipinski definition) is 1. The molecular weight excluding hydrogens is 98.9 g/mol. The van der Waals surface area contributed by atoms with Crippen molar-refractivity contribution in [1.29, 1.82) is 0 Å². The zero-order valence-corrected chi connectivity index (χ0v) is 5.69. The molecule has 0 heterocycles. The van der Waals surface area contributed by atoms with Crippen LogP contribution < -0.4 is 0 Å². The van der Waals surface area contributed by atoms with Gasteiger partial charge in [0.1, 0.15) is 5.78 Å². The summed E-state index contributed by atoms with van der Waals surface area (Å²) in [5.74, 6) is 0.150. The van der Waals surface area contributed by atoms with E-state index in [4.69, 9.17) is 7.85 Å². The van der Waals surface area contributed by atoms with Gasteiger partial charge in [-0.15, -0.1) is 0 Å². The Morgan fingerprint density at radius 2 is 2.00 bits per heavy atom. The van der Waals surface area contributed by atoms with Gasteiger partial charge in [0, 0.05) is 6.42 Å². The van der Waals surface area contributed by atoms with E-state index in [9.17, 15) is 4.79 Å². The lowest BCUT2D eigenvalue weighted by molar-refractivity contribution is -0.117. The maximum Gasteiger partial charge on any atom is 0.129 e. The first-order valence-corrected chi connectivity index (χ1v) is 2.70. The van der Waals surface area contributed by atoms with Gasteiger partial charge in [0.2, 0.25) is 0 Å². The summed E-state index contributed by atoms with van der Waals surface area (Å²) in [5, 5.41) is -0.328. The lowest BCUT2D eigenvalue weighted by Crippen LogP contribution is -2.06. The quantitative estimate of drug-likeness (QED) is 0.490. The van der Waals surface area contributed by atoms with Gasteiger partial charge in [-0.25, -0.2) is 0 Å². The molecule has 0 fully saturated rings. The van der Waals surface area contributed by atoms with Crippen LogP contribution in [0.1, 0.15) is 27.2 Å². The fraction of sp³-hybridized carbons (Fsp3) is 0.833. The van der Waals surface area contributed by atoms with Crippen molar-refractivity contribution in [2.24, 2.45) is 0 Å². The van der Waals surface area contributed by atoms with Gasteiger partial charge in [-0.2, -0.15) is 0 Å². The van der Waals surface area contributed by atoms with E-state index in [0.29, 0.717) is 6.42 Å². The Morgan fingerprint density at radius 3 is 2.00 bits per heavy atom. The summed E-state index contributed by atoms with van der Waals surface area (Å²) in [4.78, 5) is 10.4. The van der Waals surface area contributed by atoms with E-state index >= 15 is 0 Å². The van der Waals surface area contributed by atoms with Gasteiger partial charge in [-0.05, 0) is 6.92 Å². The minimum Gasteiger partial charge on any atom is -0.300 e. The van der Waals surface area contributed by atoms with E-state index in [-0.39, 0.29) is 11.1 Å². The highest BCUT2D eigenvalue weighted by Crippen LogP contribution is 2.22. The molecule has 0 bridgehead atoms. The van der Waals surface area contributed by atoms with E-state index in [1.165, 1.54) is 0 Å². The molecule has 0 atom stereocenters. The topological polar surface area (TPSA) is 17.1 Å². The zero-order chi connectivity index (χ0) is 6.78. The molecule has 0 unspecified atom stereocenters. The molecule has 0 saturated carbocycles. The molecule has 1 nitrogen and oxygen atoms in total. The zero-order valence-electron chi connectivity index (χ0n) is 5.69. The summed E-state index contributed by atoms with van der Waals surface area (Å²) in [6.45, 7) is 5.23. The lowest BCUT2D eigenvalue weighted by atomic mass is 9.69. The number of ketones is 1. The van der Waals surface area contributed by atoms with Crippen LogP contribution in [0.2, 0.25) is 5.31 Å². The molecule has 0 aliphatic heterocycles. The summed E-state index contributed by atoms with van der Waals surface area (Å²) in [6.07, 6.45) is 0.465. The Bertz CT molecular complexity index is 91.2. The number of hydrogen-bond donors (Lipinski definition) is 0. The first-order valence-electron chi connectivity index (χ1n) is 2.70. The van der Waals surface area contributed by atoms with Gasteiger partial charge >= 0.3 is 0 Å². The lowest BCUT2D eigenvalue weighted by Gasteiger charge is -2.14. The fourth-order valence-corrected chi connectivity index (χ4v) is 0.642. The third-order valence-corrected chi connectivity index (χ3v) is 0.705. The smallest absolute Gasteiger partial charge is 0.129 e. The van der Waals surface area contributed by atoms with Crippen molar-refractivity contribution in [2.45, 2.75) is 32.5 Å². The molecule has 0 spiro atoms. The molecule has 2 heteroatoms. The molecular formula is C6H11BO. The van der Waals surface area contributed by atoms with Crippen molar-refractivity contribution in [1.82, 2.24) is 0 Å². The van der Waals surface area contributed by atoms with Gasteiger partial charge in [0.25, 0.3) is 0 Å². The minimum atomic E-state index is -0.328. The van der Waals surface area contributed by atoms with Crippen molar-refractivity contribution in [3.8, 4) is 0 Å². The van der Waals surface area contributed by atoms with Crippen LogP contribution in [-0.2, 0) is 4.79 Å². The summed E-state index contributed by atoms with van der Waals surface area (Å²) >= 11 is 0. The maximum atomic E-state index is 10.4. The van der Waals surface area contributed by atoms with Crippen LogP contribution >= 0.6 is 0 Å². The van der Waals surface area contributed by atoms with Gasteiger partial charge in [0.05, 0.1) is 7.85 Å². The second-order valence-corrected chi connectivity index (χ2v) is 2.87. The summed E-state index contributed by atoms with van der Waals surface area (Å²) in [6, 6.07) is 0. The summed E-state index contributed by atoms with van der Waals surface area (Å²) in [5.41, 5.74) is 0. The Labute approximate surface area is 51.9 Å². The molecule has 44 valence electrons. The first-order chi connectivity index (χ1) is 3.42. The first kappa shape index (κ1) is 7.73. The monoisotopic (exact) mass is 110 g/mol. The van der Waals surface area contributed by atoms with Gasteiger partial charge in [-0.3, -0.25) is 0 Å². The number of carbonyl (C=O) groups is 1. The SMILES string of the molecule is [B]C(C)(C)CC(C)=O. The minimum absolute atomic E-state index is 0.150. The second-order valence-electron chi connectivity index (χ2n) is 2.87. The maximum absolute atomic E-state index is 10.4. The normalized spacial score (nSPS) is 11.4. The molecule has 0 aliphatic carbocycles. The van der Waals surface area contributed by atoms with Crippen molar-refractivity contribution in [2.75, 3.05) is 0 Å². The predicted molar refractivity (Wildman–Crippen MR) is 35.1 cm³/mol. The van der Waals surface area contributed by atoms with Gasteiger partial charge < -0.3 is 4.79 Å². The third-order valence-electron chi connectivity index (χ3n) is 0.705. The number of rotatable bonds is 2. The van der Waals surface area contributed by atoms with Crippen molar-refractivity contribution in [3.05, 3.63) is 0 Å². The van der Waals surface area contributed by atoms with Crippen LogP contribution in [0.3, 0.4) is 0 Å². The van der Waals surface area contributed by atoms with E-state index in [1.54, 1.807) is 6.92 Å². The van der Waals surface area contributed by atoms with Crippen molar-refractivity contribution < 1.29 is 4.79 Å². The number of Topliss-reactive ketones (excluding diaryl/α,β-unsaturated/α-hetero) is 1. The largest absolute Gasteiger partial charge is 0.300 e. The molecule has 0 aliphatic rings. The van der Waals surface area contributed by atoms with E-state index in [1.807, 2.05) is 13.8 Å². The Balaban J connectivity index is 3.55. The molecule has 0 aromatic carbocycles. The van der Waals surface area contributed by atoms with Crippen LogP contribution in [0.25, 0.3) is 0 Å². The number of carbonyl (C=O) groups excluding carboxylic acids is 1. The Morgan fingerprint density at radius 1 is 1.62 bits per heavy atom. The van der Waals surface area contributed by atoms with E-state index < -0.39 is 0 Å². The van der Waals surface area contributed by atoms with Crippen LogP contribution in [0.5, 0.6) is 0 Å². The van der Waals surface area contributed by atoms with Crippen molar-refractivity contribution >= 4 is 13.6 Å². The highest BCUT2D eigenvalue weighted by atomic mass is 16.1. The molecule has 0 N–H and O–H groups in total. The van der Waals surface area contributed by atoms with Gasteiger partial charge in [0.15, 0.2) is 0 Å². The summed E-state index contributed by atoms with van der Waals surface area (Å²) in [7, 11) is 5.52. The fourth-order valence-electron chi connectivity index (χ4n) is 0.642. The molecule has 0 amide bonds. The van der Waals surface area contributed by atoms with Crippen molar-refractivity contribution in [3.63, 3.8) is 0 Å². The highest BCUT2D eigenvalue weighted by Gasteiger charge is 2.11. The second kappa shape index (κ2) is 2.34. The van der Waals surface area contributed by atoms with E-state index in [0.717, 1.165) is 0 Å². The predicted octanol–water partition coefficient (Wildman–Crippen LogP) is 1.33. The molecule has 8 heavy (non-hydrogen) atoms. The highest BCUT2D eigenvalue weighted by molar-refractivity contribution is 6.16. The standard InChI is InChI=1S/C6H11BO/c1-5(8)4-6(2,3)7/h4H2,1-3H3. The molecule has 0 aromatic rings. The van der Waals surface area contributed by atoms with Crippen LogP contribution in [0, 0.1) is 0 Å². The average Bonchev–Trinajstić information content (AvgIpc) is 1.21. The summed E-state index contributed by atoms with van der Waals surface area (Å²) < 4.78 is 0. The van der Waals surface area contributed by atoms with Crippen LogP contribution in [0.15, 0.2) is 0 Å². The Hall–Kier alpha value is -0.265. The van der Waals surface area contributed by atoms with Crippen LogP contribution in [-0.4, -0.2) is 13.6 Å². The average molecular weight is 110 g/mol. The molecule has 2 radical (unpaired) electrons. The van der Waals surface area contributed by atoms with E-state index in [2.05, 4.69) is 0 Å². The third kappa shape index (κ3) is 5.73. The van der Waals surface area contributed by atoms with Gasteiger partial charge in [-0.1, -0.05) is 19.2 Å². The molecule has 0 saturated heterocycles.